The van der Waals surface area contributed by atoms with Gasteiger partial charge in [0.2, 0.25) is 5.91 Å². The molecule has 7 heteroatoms. The van der Waals surface area contributed by atoms with Crippen LogP contribution in [0.25, 0.3) is 0 Å². The SMILES string of the molecule is CC[C@@H]1CN(C(=O)c2cccc(CN3C(=O)CSC3=O)c2)CCO1. The Balaban J connectivity index is 1.71. The molecule has 0 unspecified atom stereocenters. The maximum absolute atomic E-state index is 12.7. The monoisotopic (exact) mass is 348 g/mol. The molecule has 6 nitrogen and oxygen atoms in total. The van der Waals surface area contributed by atoms with Crippen LogP contribution in [0.5, 0.6) is 0 Å². The summed E-state index contributed by atoms with van der Waals surface area (Å²) in [5.74, 6) is -0.0170. The zero-order valence-corrected chi connectivity index (χ0v) is 14.4. The minimum Gasteiger partial charge on any atom is -0.375 e. The first-order chi connectivity index (χ1) is 11.6. The molecule has 0 N–H and O–H groups in total. The van der Waals surface area contributed by atoms with Gasteiger partial charge in [-0.3, -0.25) is 19.3 Å². The summed E-state index contributed by atoms with van der Waals surface area (Å²) < 4.78 is 5.60. The molecule has 2 aliphatic rings. The van der Waals surface area contributed by atoms with Gasteiger partial charge in [-0.25, -0.2) is 0 Å². The summed E-state index contributed by atoms with van der Waals surface area (Å²) in [5, 5.41) is -0.226. The molecule has 2 saturated heterocycles. The third-order valence-corrected chi connectivity index (χ3v) is 5.10. The molecule has 1 atom stereocenters. The molecular weight excluding hydrogens is 328 g/mol. The van der Waals surface area contributed by atoms with Crippen LogP contribution in [0, 0.1) is 0 Å². The number of carbonyl (C=O) groups is 3. The van der Waals surface area contributed by atoms with Crippen molar-refractivity contribution in [2.24, 2.45) is 0 Å². The van der Waals surface area contributed by atoms with Gasteiger partial charge in [-0.05, 0) is 24.1 Å². The Morgan fingerprint density at radius 3 is 2.92 bits per heavy atom. The summed E-state index contributed by atoms with van der Waals surface area (Å²) in [5.41, 5.74) is 1.36. The van der Waals surface area contributed by atoms with Gasteiger partial charge in [-0.2, -0.15) is 0 Å². The average molecular weight is 348 g/mol. The normalized spacial score (nSPS) is 21.5. The molecule has 0 radical (unpaired) electrons. The van der Waals surface area contributed by atoms with Gasteiger partial charge in [0, 0.05) is 18.7 Å². The van der Waals surface area contributed by atoms with E-state index in [0.717, 1.165) is 23.7 Å². The molecule has 3 amide bonds. The number of ether oxygens (including phenoxy) is 1. The quantitative estimate of drug-likeness (QED) is 0.834. The third kappa shape index (κ3) is 3.62. The number of thioether (sulfide) groups is 1. The van der Waals surface area contributed by atoms with Crippen molar-refractivity contribution in [2.75, 3.05) is 25.4 Å². The zero-order chi connectivity index (χ0) is 17.1. The average Bonchev–Trinajstić information content (AvgIpc) is 2.93. The standard InChI is InChI=1S/C17H20N2O4S/c1-2-14-10-18(6-7-23-14)16(21)13-5-3-4-12(8-13)9-19-15(20)11-24-17(19)22/h3-5,8,14H,2,6-7,9-11H2,1H3/t14-/m1/s1. The van der Waals surface area contributed by atoms with Gasteiger partial charge in [0.25, 0.3) is 11.1 Å². The van der Waals surface area contributed by atoms with Crippen molar-refractivity contribution in [2.45, 2.75) is 26.0 Å². The van der Waals surface area contributed by atoms with Crippen molar-refractivity contribution in [3.8, 4) is 0 Å². The Morgan fingerprint density at radius 2 is 2.21 bits per heavy atom. The lowest BCUT2D eigenvalue weighted by atomic mass is 10.1. The molecule has 3 rings (SSSR count). The van der Waals surface area contributed by atoms with Gasteiger partial charge >= 0.3 is 0 Å². The van der Waals surface area contributed by atoms with E-state index in [2.05, 4.69) is 0 Å². The molecule has 1 aromatic rings. The topological polar surface area (TPSA) is 66.9 Å². The second kappa shape index (κ2) is 7.36. The molecule has 0 bridgehead atoms. The number of carbonyl (C=O) groups excluding carboxylic acids is 3. The Kier molecular flexibility index (Phi) is 5.20. The summed E-state index contributed by atoms with van der Waals surface area (Å²) in [6.45, 7) is 3.99. The highest BCUT2D eigenvalue weighted by atomic mass is 32.2. The van der Waals surface area contributed by atoms with E-state index in [0.29, 0.717) is 25.3 Å². The predicted octanol–water partition coefficient (Wildman–Crippen LogP) is 2.13. The second-order valence-corrected chi connectivity index (χ2v) is 6.81. The number of morpholine rings is 1. The van der Waals surface area contributed by atoms with Crippen LogP contribution in [0.2, 0.25) is 0 Å². The van der Waals surface area contributed by atoms with Crippen LogP contribution in [0.15, 0.2) is 24.3 Å². The van der Waals surface area contributed by atoms with Crippen LogP contribution < -0.4 is 0 Å². The number of nitrogens with zero attached hydrogens (tertiary/aromatic N) is 2. The van der Waals surface area contributed by atoms with Gasteiger partial charge in [0.05, 0.1) is 25.0 Å². The van der Waals surface area contributed by atoms with Gasteiger partial charge in [-0.15, -0.1) is 0 Å². The van der Waals surface area contributed by atoms with E-state index < -0.39 is 0 Å². The highest BCUT2D eigenvalue weighted by Gasteiger charge is 2.30. The number of hydrogen-bond acceptors (Lipinski definition) is 5. The molecule has 24 heavy (non-hydrogen) atoms. The van der Waals surface area contributed by atoms with Gasteiger partial charge in [0.1, 0.15) is 0 Å². The van der Waals surface area contributed by atoms with E-state index in [4.69, 9.17) is 4.74 Å². The van der Waals surface area contributed by atoms with Crippen molar-refractivity contribution in [1.29, 1.82) is 0 Å². The van der Waals surface area contributed by atoms with Crippen LogP contribution in [0.3, 0.4) is 0 Å². The van der Waals surface area contributed by atoms with E-state index in [1.54, 1.807) is 23.1 Å². The van der Waals surface area contributed by atoms with E-state index >= 15 is 0 Å². The molecule has 0 saturated carbocycles. The van der Waals surface area contributed by atoms with E-state index in [1.807, 2.05) is 13.0 Å². The van der Waals surface area contributed by atoms with Crippen molar-refractivity contribution in [3.63, 3.8) is 0 Å². The molecular formula is C17H20N2O4S. The van der Waals surface area contributed by atoms with Gasteiger partial charge in [0.15, 0.2) is 0 Å². The minimum absolute atomic E-state index is 0.0351. The van der Waals surface area contributed by atoms with E-state index in [1.165, 1.54) is 4.90 Å². The summed E-state index contributed by atoms with van der Waals surface area (Å²) in [6, 6.07) is 7.15. The smallest absolute Gasteiger partial charge is 0.289 e. The Labute approximate surface area is 145 Å². The van der Waals surface area contributed by atoms with Crippen LogP contribution in [-0.2, 0) is 16.1 Å². The molecule has 2 heterocycles. The first-order valence-corrected chi connectivity index (χ1v) is 9.04. The Bertz CT molecular complexity index is 648. The van der Waals surface area contributed by atoms with E-state index in [-0.39, 0.29) is 35.5 Å². The number of benzene rings is 1. The molecule has 0 aliphatic carbocycles. The molecule has 0 aromatic heterocycles. The fraction of sp³-hybridized carbons (Fsp3) is 0.471. The molecule has 2 fully saturated rings. The maximum atomic E-state index is 12.7. The molecule has 0 spiro atoms. The summed E-state index contributed by atoms with van der Waals surface area (Å²) in [6.07, 6.45) is 0.962. The highest BCUT2D eigenvalue weighted by Crippen LogP contribution is 2.22. The summed E-state index contributed by atoms with van der Waals surface area (Å²) >= 11 is 1.02. The summed E-state index contributed by atoms with van der Waals surface area (Å²) in [7, 11) is 0. The Morgan fingerprint density at radius 1 is 1.38 bits per heavy atom. The maximum Gasteiger partial charge on any atom is 0.289 e. The number of imide groups is 1. The van der Waals surface area contributed by atoms with Crippen molar-refractivity contribution in [1.82, 2.24) is 9.80 Å². The van der Waals surface area contributed by atoms with Crippen LogP contribution in [0.1, 0.15) is 29.3 Å². The van der Waals surface area contributed by atoms with Crippen molar-refractivity contribution >= 4 is 28.8 Å². The lowest BCUT2D eigenvalue weighted by molar-refractivity contribution is -0.125. The molecule has 128 valence electrons. The fourth-order valence-electron chi connectivity index (χ4n) is 2.85. The third-order valence-electron chi connectivity index (χ3n) is 4.24. The number of hydrogen-bond donors (Lipinski definition) is 0. The van der Waals surface area contributed by atoms with E-state index in [9.17, 15) is 14.4 Å². The van der Waals surface area contributed by atoms with Crippen LogP contribution in [-0.4, -0.2) is 58.4 Å². The van der Waals surface area contributed by atoms with Crippen LogP contribution >= 0.6 is 11.8 Å². The van der Waals surface area contributed by atoms with Crippen molar-refractivity contribution < 1.29 is 19.1 Å². The predicted molar refractivity (Wildman–Crippen MR) is 90.8 cm³/mol. The van der Waals surface area contributed by atoms with Crippen LogP contribution in [0.4, 0.5) is 4.79 Å². The zero-order valence-electron chi connectivity index (χ0n) is 13.6. The lowest BCUT2D eigenvalue weighted by Crippen LogP contribution is -2.45. The second-order valence-electron chi connectivity index (χ2n) is 5.89. The molecule has 1 aromatic carbocycles. The van der Waals surface area contributed by atoms with Crippen molar-refractivity contribution in [3.05, 3.63) is 35.4 Å². The fourth-order valence-corrected chi connectivity index (χ4v) is 3.58. The number of amides is 3. The first-order valence-electron chi connectivity index (χ1n) is 8.05. The lowest BCUT2D eigenvalue weighted by Gasteiger charge is -2.32. The van der Waals surface area contributed by atoms with Gasteiger partial charge in [-0.1, -0.05) is 30.8 Å². The molecule has 2 aliphatic heterocycles. The first kappa shape index (κ1) is 17.0. The minimum atomic E-state index is -0.226. The van der Waals surface area contributed by atoms with Gasteiger partial charge < -0.3 is 9.64 Å². The number of rotatable bonds is 4. The Hall–Kier alpha value is -1.86. The summed E-state index contributed by atoms with van der Waals surface area (Å²) in [4.78, 5) is 39.2. The largest absolute Gasteiger partial charge is 0.375 e. The highest BCUT2D eigenvalue weighted by molar-refractivity contribution is 8.14.